The molecule has 10 nitrogen and oxygen atoms in total. The minimum atomic E-state index is -0.421. The van der Waals surface area contributed by atoms with Crippen molar-refractivity contribution in [3.05, 3.63) is 38.7 Å². The highest BCUT2D eigenvalue weighted by molar-refractivity contribution is 7.17. The van der Waals surface area contributed by atoms with Crippen LogP contribution in [-0.2, 0) is 4.74 Å². The van der Waals surface area contributed by atoms with Crippen LogP contribution >= 0.6 is 34.5 Å². The van der Waals surface area contributed by atoms with E-state index in [0.717, 1.165) is 31.7 Å². The summed E-state index contributed by atoms with van der Waals surface area (Å²) in [7, 11) is 0. The van der Waals surface area contributed by atoms with Crippen LogP contribution in [0.1, 0.15) is 65.4 Å². The maximum absolute atomic E-state index is 12.9. The molecule has 2 fully saturated rings. The van der Waals surface area contributed by atoms with Gasteiger partial charge >= 0.3 is 5.97 Å². The van der Waals surface area contributed by atoms with Crippen LogP contribution in [0.2, 0.25) is 10.0 Å². The van der Waals surface area contributed by atoms with Crippen LogP contribution in [0.5, 0.6) is 0 Å². The Hall–Kier alpha value is -2.89. The summed E-state index contributed by atoms with van der Waals surface area (Å²) in [6.07, 6.45) is 7.69. The van der Waals surface area contributed by atoms with Crippen LogP contribution in [0.25, 0.3) is 11.4 Å². The van der Waals surface area contributed by atoms with Crippen molar-refractivity contribution < 1.29 is 14.3 Å². The van der Waals surface area contributed by atoms with E-state index in [-0.39, 0.29) is 35.2 Å². The molecular formula is C27H33Cl2N7O3S. The average Bonchev–Trinajstić information content (AvgIpc) is 3.52. The first-order valence-corrected chi connectivity index (χ1v) is 15.2. The molecule has 2 aliphatic heterocycles. The molecule has 0 unspecified atom stereocenters. The van der Waals surface area contributed by atoms with Crippen LogP contribution in [0, 0.1) is 12.8 Å². The predicted octanol–water partition coefficient (Wildman–Crippen LogP) is 5.36. The van der Waals surface area contributed by atoms with E-state index in [1.54, 1.807) is 26.2 Å². The lowest BCUT2D eigenvalue weighted by Gasteiger charge is -2.37. The fourth-order valence-corrected chi connectivity index (χ4v) is 6.60. The molecule has 0 radical (unpaired) electrons. The number of thiazole rings is 1. The van der Waals surface area contributed by atoms with Crippen LogP contribution in [0.15, 0.2) is 12.4 Å². The third-order valence-electron chi connectivity index (χ3n) is 7.41. The number of nitrogens with zero attached hydrogens (tertiary/aromatic N) is 5. The molecule has 214 valence electrons. The van der Waals surface area contributed by atoms with Gasteiger partial charge in [-0.1, -0.05) is 41.5 Å². The highest BCUT2D eigenvalue weighted by atomic mass is 35.5. The fraction of sp³-hybridized carbons (Fsp3) is 0.519. The maximum atomic E-state index is 12.9. The number of hydrogen-bond acceptors (Lipinski definition) is 9. The molecule has 40 heavy (non-hydrogen) atoms. The molecule has 0 saturated carbocycles. The third-order valence-corrected chi connectivity index (χ3v) is 9.45. The van der Waals surface area contributed by atoms with Gasteiger partial charge < -0.3 is 24.8 Å². The topological polar surface area (TPSA) is 116 Å². The van der Waals surface area contributed by atoms with E-state index in [9.17, 15) is 9.59 Å². The lowest BCUT2D eigenvalue weighted by molar-refractivity contribution is 0.0532. The Morgan fingerprint density at radius 1 is 1.12 bits per heavy atom. The van der Waals surface area contributed by atoms with Gasteiger partial charge in [-0.25, -0.2) is 19.7 Å². The highest BCUT2D eigenvalue weighted by Crippen LogP contribution is 2.35. The number of aryl methyl sites for hydroxylation is 1. The van der Waals surface area contributed by atoms with E-state index in [1.165, 1.54) is 17.8 Å². The number of carbonyl (C=O) groups is 2. The molecule has 0 spiro atoms. The van der Waals surface area contributed by atoms with Gasteiger partial charge in [0.05, 0.1) is 29.0 Å². The fourth-order valence-electron chi connectivity index (χ4n) is 5.18. The second-order valence-electron chi connectivity index (χ2n) is 10.2. The number of esters is 1. The number of ether oxygens (including phenoxy) is 1. The Bertz CT molecular complexity index is 1370. The van der Waals surface area contributed by atoms with E-state index >= 15 is 0 Å². The Balaban J connectivity index is 1.32. The summed E-state index contributed by atoms with van der Waals surface area (Å²) in [5, 5.41) is 4.40. The van der Waals surface area contributed by atoms with Gasteiger partial charge in [-0.3, -0.25) is 4.79 Å². The van der Waals surface area contributed by atoms with E-state index in [0.29, 0.717) is 51.6 Å². The predicted molar refractivity (Wildman–Crippen MR) is 158 cm³/mol. The van der Waals surface area contributed by atoms with Crippen LogP contribution in [0.3, 0.4) is 0 Å². The Morgan fingerprint density at radius 2 is 1.90 bits per heavy atom. The molecule has 13 heteroatoms. The third kappa shape index (κ3) is 5.91. The summed E-state index contributed by atoms with van der Waals surface area (Å²) >= 11 is 13.7. The number of aromatic nitrogens is 4. The monoisotopic (exact) mass is 605 g/mol. The van der Waals surface area contributed by atoms with Gasteiger partial charge in [0.15, 0.2) is 5.13 Å². The minimum Gasteiger partial charge on any atom is -0.462 e. The van der Waals surface area contributed by atoms with Crippen molar-refractivity contribution >= 4 is 57.4 Å². The van der Waals surface area contributed by atoms with Crippen molar-refractivity contribution in [1.29, 1.82) is 0 Å². The average molecular weight is 607 g/mol. The number of piperidine rings is 2. The summed E-state index contributed by atoms with van der Waals surface area (Å²) in [5.74, 6) is 0.255. The summed E-state index contributed by atoms with van der Waals surface area (Å²) in [6.45, 7) is 9.16. The van der Waals surface area contributed by atoms with E-state index in [1.807, 2.05) is 0 Å². The van der Waals surface area contributed by atoms with Crippen molar-refractivity contribution in [2.24, 2.45) is 5.92 Å². The summed E-state index contributed by atoms with van der Waals surface area (Å²) < 4.78 is 5.34. The van der Waals surface area contributed by atoms with Crippen LogP contribution in [-0.4, -0.2) is 70.6 Å². The molecule has 2 aliphatic rings. The lowest BCUT2D eigenvalue weighted by atomic mass is 9.94. The van der Waals surface area contributed by atoms with E-state index in [2.05, 4.69) is 37.0 Å². The molecule has 2 saturated heterocycles. The number of hydrogen-bond donors (Lipinski definition) is 2. The molecule has 1 amide bonds. The second kappa shape index (κ2) is 12.3. The Kier molecular flexibility index (Phi) is 8.82. The van der Waals surface area contributed by atoms with Gasteiger partial charge in [-0.05, 0) is 45.4 Å². The Morgan fingerprint density at radius 3 is 2.52 bits per heavy atom. The first-order chi connectivity index (χ1) is 19.3. The number of carbonyl (C=O) groups excluding carboxylic acids is 2. The zero-order chi connectivity index (χ0) is 28.4. The summed E-state index contributed by atoms with van der Waals surface area (Å²) in [5.41, 5.74) is 1.95. The van der Waals surface area contributed by atoms with Crippen molar-refractivity contribution in [1.82, 2.24) is 25.3 Å². The zero-order valence-corrected chi connectivity index (χ0v) is 25.1. The number of aromatic amines is 1. The first-order valence-electron chi connectivity index (χ1n) is 13.6. The summed E-state index contributed by atoms with van der Waals surface area (Å²) in [6, 6.07) is -0.0562. The second-order valence-corrected chi connectivity index (χ2v) is 12.0. The van der Waals surface area contributed by atoms with Crippen molar-refractivity contribution in [2.45, 2.75) is 52.5 Å². The van der Waals surface area contributed by atoms with Gasteiger partial charge in [0.2, 0.25) is 0 Å². The standard InChI is InChI=1S/C27H33Cl2N7O3S/c1-4-39-26(38)24-22(18-12-31-19(13-30-18)35-9-6-5-7-10-35)34-27(40-24)36-11-8-17(15(2)14-36)33-25(37)23-21(29)20(28)16(3)32-23/h12-13,15,17,32H,4-11,14H2,1-3H3,(H,33,37)/t15-,17+/m0/s1. The SMILES string of the molecule is CCOC(=O)c1sc(N2CC[C@@H](NC(=O)c3[nH]c(C)c(Cl)c3Cl)[C@@H](C)C2)nc1-c1cnc(N2CCCCC2)cn1. The summed E-state index contributed by atoms with van der Waals surface area (Å²) in [4.78, 5) is 47.6. The Labute approximate surface area is 247 Å². The van der Waals surface area contributed by atoms with Crippen molar-refractivity contribution in [3.63, 3.8) is 0 Å². The van der Waals surface area contributed by atoms with Crippen molar-refractivity contribution in [2.75, 3.05) is 42.6 Å². The van der Waals surface area contributed by atoms with Gasteiger partial charge in [-0.2, -0.15) is 0 Å². The van der Waals surface area contributed by atoms with Crippen LogP contribution < -0.4 is 15.1 Å². The lowest BCUT2D eigenvalue weighted by Crippen LogP contribution is -2.50. The molecule has 0 aromatic carbocycles. The molecule has 5 heterocycles. The molecule has 0 aliphatic carbocycles. The van der Waals surface area contributed by atoms with Gasteiger partial charge in [-0.15, -0.1) is 0 Å². The number of halogens is 2. The minimum absolute atomic E-state index is 0.0562. The maximum Gasteiger partial charge on any atom is 0.350 e. The van der Waals surface area contributed by atoms with Gasteiger partial charge in [0.25, 0.3) is 5.91 Å². The number of amides is 1. The zero-order valence-electron chi connectivity index (χ0n) is 22.8. The first kappa shape index (κ1) is 28.6. The van der Waals surface area contributed by atoms with Gasteiger partial charge in [0, 0.05) is 37.9 Å². The smallest absolute Gasteiger partial charge is 0.350 e. The molecule has 2 N–H and O–H groups in total. The number of rotatable bonds is 7. The number of H-pyrrole nitrogens is 1. The normalized spacial score (nSPS) is 19.5. The van der Waals surface area contributed by atoms with Gasteiger partial charge in [0.1, 0.15) is 27.8 Å². The molecule has 2 atom stereocenters. The largest absolute Gasteiger partial charge is 0.462 e. The quantitative estimate of drug-likeness (QED) is 0.346. The van der Waals surface area contributed by atoms with Crippen LogP contribution in [0.4, 0.5) is 10.9 Å². The van der Waals surface area contributed by atoms with E-state index < -0.39 is 5.97 Å². The van der Waals surface area contributed by atoms with Crippen molar-refractivity contribution in [3.8, 4) is 11.4 Å². The number of nitrogens with one attached hydrogen (secondary N) is 2. The molecule has 3 aromatic rings. The molecular weight excluding hydrogens is 573 g/mol. The highest BCUT2D eigenvalue weighted by Gasteiger charge is 2.32. The molecule has 5 rings (SSSR count). The number of anilines is 2. The molecule has 3 aromatic heterocycles. The molecule has 0 bridgehead atoms. The van der Waals surface area contributed by atoms with E-state index in [4.69, 9.17) is 32.9 Å².